The lowest BCUT2D eigenvalue weighted by atomic mass is 9.49. The summed E-state index contributed by atoms with van der Waals surface area (Å²) >= 11 is 0. The summed E-state index contributed by atoms with van der Waals surface area (Å²) in [5.74, 6) is 3.33. The summed E-state index contributed by atoms with van der Waals surface area (Å²) in [5, 5.41) is 3.13. The van der Waals surface area contributed by atoms with Crippen molar-refractivity contribution < 1.29 is 14.4 Å². The Hall–Kier alpha value is -2.17. The van der Waals surface area contributed by atoms with Gasteiger partial charge >= 0.3 is 0 Å². The summed E-state index contributed by atoms with van der Waals surface area (Å²) in [5.41, 5.74) is 1.91. The average Bonchev–Trinajstić information content (AvgIpc) is 2.83. The van der Waals surface area contributed by atoms with Crippen molar-refractivity contribution in [3.63, 3.8) is 0 Å². The number of likely N-dealkylation sites (tertiary alicyclic amines) is 1. The van der Waals surface area contributed by atoms with Gasteiger partial charge in [0.1, 0.15) is 0 Å². The van der Waals surface area contributed by atoms with E-state index in [4.69, 9.17) is 0 Å². The number of amides is 2. The molecular weight excluding hydrogens is 436 g/mol. The van der Waals surface area contributed by atoms with E-state index in [-0.39, 0.29) is 28.9 Å². The van der Waals surface area contributed by atoms with E-state index in [0.29, 0.717) is 32.0 Å². The highest BCUT2D eigenvalue weighted by molar-refractivity contribution is 5.98. The number of hydrogen-bond acceptors (Lipinski definition) is 3. The van der Waals surface area contributed by atoms with Crippen LogP contribution in [0.3, 0.4) is 0 Å². The Kier molecular flexibility index (Phi) is 7.05. The molecule has 1 aliphatic heterocycles. The fraction of sp³-hybridized carbons (Fsp3) is 0.700. The second-order valence-corrected chi connectivity index (χ2v) is 12.5. The molecule has 5 fully saturated rings. The largest absolute Gasteiger partial charge is 0.355 e. The first-order valence-corrected chi connectivity index (χ1v) is 14.0. The summed E-state index contributed by atoms with van der Waals surface area (Å²) < 4.78 is 0. The van der Waals surface area contributed by atoms with E-state index in [1.54, 1.807) is 0 Å². The van der Waals surface area contributed by atoms with Crippen molar-refractivity contribution in [2.45, 2.75) is 78.1 Å². The molecule has 0 radical (unpaired) electrons. The lowest BCUT2D eigenvalue weighted by Gasteiger charge is -2.55. The van der Waals surface area contributed by atoms with Gasteiger partial charge in [-0.1, -0.05) is 38.1 Å². The van der Waals surface area contributed by atoms with E-state index >= 15 is 0 Å². The van der Waals surface area contributed by atoms with Crippen LogP contribution in [0.4, 0.5) is 0 Å². The number of benzene rings is 1. The predicted molar refractivity (Wildman–Crippen MR) is 137 cm³/mol. The van der Waals surface area contributed by atoms with Crippen LogP contribution in [0.15, 0.2) is 24.3 Å². The van der Waals surface area contributed by atoms with Gasteiger partial charge in [-0.25, -0.2) is 0 Å². The maximum Gasteiger partial charge on any atom is 0.226 e. The van der Waals surface area contributed by atoms with E-state index in [1.165, 1.54) is 24.8 Å². The molecule has 0 atom stereocenters. The van der Waals surface area contributed by atoms with Crippen molar-refractivity contribution in [2.24, 2.45) is 35.0 Å². The number of nitrogens with zero attached hydrogens (tertiary/aromatic N) is 1. The van der Waals surface area contributed by atoms with Crippen LogP contribution in [-0.2, 0) is 16.0 Å². The van der Waals surface area contributed by atoms with Gasteiger partial charge in [-0.05, 0) is 87.0 Å². The molecule has 5 aliphatic rings. The fourth-order valence-electron chi connectivity index (χ4n) is 7.92. The minimum absolute atomic E-state index is 0.00853. The number of ketones is 1. The first kappa shape index (κ1) is 24.5. The van der Waals surface area contributed by atoms with Gasteiger partial charge in [0.15, 0.2) is 5.78 Å². The molecule has 6 rings (SSSR count). The predicted octanol–water partition coefficient (Wildman–Crippen LogP) is 5.03. The molecule has 1 saturated heterocycles. The van der Waals surface area contributed by atoms with E-state index in [0.717, 1.165) is 61.8 Å². The zero-order valence-corrected chi connectivity index (χ0v) is 21.6. The number of carbonyl (C=O) groups excluding carboxylic acids is 3. The molecule has 1 aromatic carbocycles. The Morgan fingerprint density at radius 3 is 2.06 bits per heavy atom. The second-order valence-electron chi connectivity index (χ2n) is 12.5. The van der Waals surface area contributed by atoms with Crippen LogP contribution in [0.5, 0.6) is 0 Å². The highest BCUT2D eigenvalue weighted by atomic mass is 16.2. The van der Waals surface area contributed by atoms with Crippen LogP contribution in [0.25, 0.3) is 0 Å². The van der Waals surface area contributed by atoms with Gasteiger partial charge in [-0.2, -0.15) is 0 Å². The number of carbonyl (C=O) groups is 3. The minimum atomic E-state index is -0.149. The molecule has 4 saturated carbocycles. The molecule has 4 aliphatic carbocycles. The molecule has 0 aromatic heterocycles. The van der Waals surface area contributed by atoms with Crippen LogP contribution < -0.4 is 5.32 Å². The molecule has 0 unspecified atom stereocenters. The number of nitrogens with one attached hydrogen (secondary N) is 1. The van der Waals surface area contributed by atoms with Gasteiger partial charge in [0.2, 0.25) is 11.8 Å². The highest BCUT2D eigenvalue weighted by Gasteiger charge is 2.54. The third-order valence-electron chi connectivity index (χ3n) is 9.25. The first-order chi connectivity index (χ1) is 16.8. The zero-order chi connectivity index (χ0) is 24.6. The average molecular weight is 479 g/mol. The quantitative estimate of drug-likeness (QED) is 0.533. The normalized spacial score (nSPS) is 30.0. The SMILES string of the molecule is CC(C)Cc1ccc(C(=O)C2CCN(C(=O)CCNC(=O)C34CC5CC(CC(C5)C3)C4)CC2)cc1. The monoisotopic (exact) mass is 478 g/mol. The smallest absolute Gasteiger partial charge is 0.226 e. The highest BCUT2D eigenvalue weighted by Crippen LogP contribution is 2.60. The zero-order valence-electron chi connectivity index (χ0n) is 21.6. The Morgan fingerprint density at radius 1 is 0.943 bits per heavy atom. The molecular formula is C30H42N2O3. The maximum atomic E-state index is 13.1. The molecule has 0 spiro atoms. The van der Waals surface area contributed by atoms with Crippen molar-refractivity contribution in [3.05, 3.63) is 35.4 Å². The van der Waals surface area contributed by atoms with E-state index in [2.05, 4.69) is 31.3 Å². The number of hydrogen-bond donors (Lipinski definition) is 1. The van der Waals surface area contributed by atoms with Gasteiger partial charge in [0.25, 0.3) is 0 Å². The fourth-order valence-corrected chi connectivity index (χ4v) is 7.92. The van der Waals surface area contributed by atoms with Gasteiger partial charge in [-0.15, -0.1) is 0 Å². The number of rotatable bonds is 8. The minimum Gasteiger partial charge on any atom is -0.355 e. The molecule has 190 valence electrons. The van der Waals surface area contributed by atoms with Crippen molar-refractivity contribution in [1.82, 2.24) is 10.2 Å². The van der Waals surface area contributed by atoms with E-state index < -0.39 is 0 Å². The standard InChI is InChI=1S/C30H42N2O3/c1-20(2)13-21-3-5-25(6-4-21)28(34)26-8-11-32(12-9-26)27(33)7-10-31-29(35)30-17-22-14-23(18-30)16-24(15-22)19-30/h3-6,20,22-24,26H,7-19H2,1-2H3,(H,31,35). The molecule has 1 aromatic rings. The molecule has 2 amide bonds. The Bertz CT molecular complexity index is 908. The molecule has 1 heterocycles. The van der Waals surface area contributed by atoms with Gasteiger partial charge in [0.05, 0.1) is 0 Å². The Balaban J connectivity index is 1.05. The van der Waals surface area contributed by atoms with Crippen LogP contribution >= 0.6 is 0 Å². The molecule has 35 heavy (non-hydrogen) atoms. The van der Waals surface area contributed by atoms with Crippen molar-refractivity contribution in [3.8, 4) is 0 Å². The van der Waals surface area contributed by atoms with Crippen molar-refractivity contribution in [2.75, 3.05) is 19.6 Å². The molecule has 5 nitrogen and oxygen atoms in total. The maximum absolute atomic E-state index is 13.1. The molecule has 1 N–H and O–H groups in total. The van der Waals surface area contributed by atoms with Crippen molar-refractivity contribution >= 4 is 17.6 Å². The summed E-state index contributed by atoms with van der Waals surface area (Å²) in [4.78, 5) is 40.7. The van der Waals surface area contributed by atoms with Crippen LogP contribution in [0.1, 0.15) is 87.6 Å². The molecule has 4 bridgehead atoms. The van der Waals surface area contributed by atoms with Crippen LogP contribution in [0, 0.1) is 35.0 Å². The Labute approximate surface area is 210 Å². The molecule has 5 heteroatoms. The van der Waals surface area contributed by atoms with Crippen LogP contribution in [0.2, 0.25) is 0 Å². The first-order valence-electron chi connectivity index (χ1n) is 14.0. The third kappa shape index (κ3) is 5.34. The summed E-state index contributed by atoms with van der Waals surface area (Å²) in [6, 6.07) is 8.07. The summed E-state index contributed by atoms with van der Waals surface area (Å²) in [6.45, 7) is 6.09. The number of piperidine rings is 1. The topological polar surface area (TPSA) is 66.5 Å². The van der Waals surface area contributed by atoms with Gasteiger partial charge < -0.3 is 10.2 Å². The summed E-state index contributed by atoms with van der Waals surface area (Å²) in [7, 11) is 0. The second kappa shape index (κ2) is 10.1. The van der Waals surface area contributed by atoms with Crippen LogP contribution in [-0.4, -0.2) is 42.1 Å². The van der Waals surface area contributed by atoms with Crippen molar-refractivity contribution in [1.29, 1.82) is 0 Å². The third-order valence-corrected chi connectivity index (χ3v) is 9.25. The van der Waals surface area contributed by atoms with E-state index in [1.807, 2.05) is 17.0 Å². The lowest BCUT2D eigenvalue weighted by molar-refractivity contribution is -0.146. The van der Waals surface area contributed by atoms with Gasteiger partial charge in [-0.3, -0.25) is 14.4 Å². The van der Waals surface area contributed by atoms with E-state index in [9.17, 15) is 14.4 Å². The Morgan fingerprint density at radius 2 is 1.51 bits per heavy atom. The summed E-state index contributed by atoms with van der Waals surface area (Å²) in [6.07, 6.45) is 9.97. The lowest BCUT2D eigenvalue weighted by Crippen LogP contribution is -2.54. The van der Waals surface area contributed by atoms with Gasteiger partial charge in [0, 0.05) is 43.0 Å². The number of Topliss-reactive ketones (excluding diaryl/α,β-unsaturated/α-hetero) is 1.